The molecule has 0 amide bonds. The molecule has 0 N–H and O–H groups in total. The summed E-state index contributed by atoms with van der Waals surface area (Å²) < 4.78 is 5.25. The molecule has 0 radical (unpaired) electrons. The molecule has 2 fully saturated rings. The molecule has 0 saturated carbocycles. The molecule has 2 aliphatic heterocycles. The van der Waals surface area contributed by atoms with Crippen molar-refractivity contribution < 1.29 is 14.3 Å². The largest absolute Gasteiger partial charge is 0.460 e. The number of ketones is 1. The third kappa shape index (κ3) is 1.91. The van der Waals surface area contributed by atoms with E-state index in [9.17, 15) is 9.59 Å². The van der Waals surface area contributed by atoms with E-state index in [-0.39, 0.29) is 29.8 Å². The Bertz CT molecular complexity index is 290. The summed E-state index contributed by atoms with van der Waals surface area (Å²) in [4.78, 5) is 25.0. The van der Waals surface area contributed by atoms with Gasteiger partial charge in [-0.05, 0) is 20.0 Å². The maximum Gasteiger partial charge on any atom is 0.306 e. The molecule has 2 rings (SSSR count). The average Bonchev–Trinajstić information content (AvgIpc) is 2.45. The third-order valence-corrected chi connectivity index (χ3v) is 3.37. The highest BCUT2D eigenvalue weighted by Crippen LogP contribution is 2.29. The lowest BCUT2D eigenvalue weighted by Gasteiger charge is -2.35. The smallest absolute Gasteiger partial charge is 0.306 e. The van der Waals surface area contributed by atoms with Crippen molar-refractivity contribution >= 4 is 11.8 Å². The van der Waals surface area contributed by atoms with E-state index in [1.807, 2.05) is 18.9 Å². The van der Waals surface area contributed by atoms with Crippen molar-refractivity contribution in [2.45, 2.75) is 38.3 Å². The van der Waals surface area contributed by atoms with E-state index in [0.29, 0.717) is 12.8 Å². The van der Waals surface area contributed by atoms with Crippen LogP contribution in [-0.4, -0.2) is 42.4 Å². The van der Waals surface area contributed by atoms with Crippen molar-refractivity contribution in [3.8, 4) is 0 Å². The second kappa shape index (κ2) is 3.93. The van der Waals surface area contributed by atoms with Gasteiger partial charge in [0, 0.05) is 12.3 Å². The van der Waals surface area contributed by atoms with Crippen LogP contribution in [0.3, 0.4) is 0 Å². The fraction of sp³-hybridized carbons (Fsp3) is 0.818. The summed E-state index contributed by atoms with van der Waals surface area (Å²) >= 11 is 0. The lowest BCUT2D eigenvalue weighted by atomic mass is 9.90. The molecule has 2 saturated heterocycles. The summed E-state index contributed by atoms with van der Waals surface area (Å²) in [5.41, 5.74) is 0. The molecule has 0 aromatic rings. The fourth-order valence-corrected chi connectivity index (χ4v) is 2.54. The summed E-state index contributed by atoms with van der Waals surface area (Å²) in [5, 5.41) is 0. The van der Waals surface area contributed by atoms with Gasteiger partial charge in [0.1, 0.15) is 12.1 Å². The van der Waals surface area contributed by atoms with E-state index >= 15 is 0 Å². The van der Waals surface area contributed by atoms with Crippen LogP contribution >= 0.6 is 0 Å². The van der Waals surface area contributed by atoms with Crippen LogP contribution in [-0.2, 0) is 14.3 Å². The highest BCUT2D eigenvalue weighted by molar-refractivity contribution is 5.86. The van der Waals surface area contributed by atoms with Gasteiger partial charge in [-0.3, -0.25) is 14.5 Å². The standard InChI is InChI=1S/C11H17NO3/c1-7-6-9(14)15-11(7)10-8(13)4-3-5-12(10)2/h7,10-11H,3-6H2,1-2H3/t7-,10-,11?/m1/s1. The minimum Gasteiger partial charge on any atom is -0.460 e. The van der Waals surface area contributed by atoms with Crippen LogP contribution < -0.4 is 0 Å². The van der Waals surface area contributed by atoms with Crippen LogP contribution in [0, 0.1) is 5.92 Å². The van der Waals surface area contributed by atoms with E-state index in [1.165, 1.54) is 0 Å². The fourth-order valence-electron chi connectivity index (χ4n) is 2.54. The van der Waals surface area contributed by atoms with Gasteiger partial charge in [-0.1, -0.05) is 6.92 Å². The monoisotopic (exact) mass is 211 g/mol. The molecule has 0 spiro atoms. The average molecular weight is 211 g/mol. The van der Waals surface area contributed by atoms with Crippen LogP contribution in [0.15, 0.2) is 0 Å². The predicted molar refractivity (Wildman–Crippen MR) is 54.3 cm³/mol. The van der Waals surface area contributed by atoms with Crippen molar-refractivity contribution in [1.29, 1.82) is 0 Å². The van der Waals surface area contributed by atoms with E-state index in [0.717, 1.165) is 13.0 Å². The molecule has 4 nitrogen and oxygen atoms in total. The van der Waals surface area contributed by atoms with Crippen molar-refractivity contribution in [2.75, 3.05) is 13.6 Å². The van der Waals surface area contributed by atoms with Gasteiger partial charge in [0.05, 0.1) is 6.42 Å². The first-order valence-electron chi connectivity index (χ1n) is 5.52. The quantitative estimate of drug-likeness (QED) is 0.596. The number of likely N-dealkylation sites (tertiary alicyclic amines) is 1. The Labute approximate surface area is 89.6 Å². The zero-order chi connectivity index (χ0) is 11.0. The normalized spacial score (nSPS) is 38.1. The number of hydrogen-bond acceptors (Lipinski definition) is 4. The number of esters is 1. The van der Waals surface area contributed by atoms with Crippen molar-refractivity contribution in [2.24, 2.45) is 5.92 Å². The first kappa shape index (κ1) is 10.6. The molecular weight excluding hydrogens is 194 g/mol. The second-order valence-electron chi connectivity index (χ2n) is 4.63. The molecule has 3 atom stereocenters. The van der Waals surface area contributed by atoms with Crippen molar-refractivity contribution in [1.82, 2.24) is 4.90 Å². The summed E-state index contributed by atoms with van der Waals surface area (Å²) in [6.07, 6.45) is 1.76. The SMILES string of the molecule is C[C@@H]1CC(=O)OC1[C@H]1C(=O)CCCN1C. The third-order valence-electron chi connectivity index (χ3n) is 3.37. The Morgan fingerprint density at radius 1 is 1.40 bits per heavy atom. The lowest BCUT2D eigenvalue weighted by molar-refractivity contribution is -0.147. The molecule has 1 unspecified atom stereocenters. The number of likely N-dealkylation sites (N-methyl/N-ethyl adjacent to an activating group) is 1. The molecule has 4 heteroatoms. The summed E-state index contributed by atoms with van der Waals surface area (Å²) in [5.74, 6) is 0.210. The number of piperidine rings is 1. The number of hydrogen-bond donors (Lipinski definition) is 0. The van der Waals surface area contributed by atoms with Crippen LogP contribution in [0.2, 0.25) is 0 Å². The summed E-state index contributed by atoms with van der Waals surface area (Å²) in [6, 6.07) is -0.208. The number of carbonyl (C=O) groups excluding carboxylic acids is 2. The van der Waals surface area contributed by atoms with Gasteiger partial charge in [0.15, 0.2) is 5.78 Å². The van der Waals surface area contributed by atoms with Gasteiger partial charge in [0.2, 0.25) is 0 Å². The van der Waals surface area contributed by atoms with Crippen LogP contribution in [0.1, 0.15) is 26.2 Å². The van der Waals surface area contributed by atoms with E-state index < -0.39 is 0 Å². The maximum atomic E-state index is 11.8. The zero-order valence-corrected chi connectivity index (χ0v) is 9.23. The van der Waals surface area contributed by atoms with Gasteiger partial charge in [-0.15, -0.1) is 0 Å². The van der Waals surface area contributed by atoms with Crippen molar-refractivity contribution in [3.63, 3.8) is 0 Å². The van der Waals surface area contributed by atoms with Crippen LogP contribution in [0.25, 0.3) is 0 Å². The molecule has 15 heavy (non-hydrogen) atoms. The van der Waals surface area contributed by atoms with Crippen LogP contribution in [0.5, 0.6) is 0 Å². The molecule has 0 aliphatic carbocycles. The molecule has 0 aromatic heterocycles. The molecule has 2 aliphatic rings. The highest BCUT2D eigenvalue weighted by Gasteiger charge is 2.43. The highest BCUT2D eigenvalue weighted by atomic mass is 16.6. The number of ether oxygens (including phenoxy) is 1. The predicted octanol–water partition coefficient (Wildman–Crippen LogP) is 0.601. The molecular formula is C11H17NO3. The van der Waals surface area contributed by atoms with E-state index in [1.54, 1.807) is 0 Å². The minimum absolute atomic E-state index is 0.159. The van der Waals surface area contributed by atoms with Gasteiger partial charge in [0.25, 0.3) is 0 Å². The second-order valence-corrected chi connectivity index (χ2v) is 4.63. The summed E-state index contributed by atoms with van der Waals surface area (Å²) in [6.45, 7) is 2.89. The van der Waals surface area contributed by atoms with Gasteiger partial charge in [-0.2, -0.15) is 0 Å². The lowest BCUT2D eigenvalue weighted by Crippen LogP contribution is -2.51. The number of carbonyl (C=O) groups is 2. The first-order valence-corrected chi connectivity index (χ1v) is 5.52. The topological polar surface area (TPSA) is 46.6 Å². The first-order chi connectivity index (χ1) is 7.09. The molecule has 2 heterocycles. The Morgan fingerprint density at radius 2 is 2.13 bits per heavy atom. The number of nitrogens with zero attached hydrogens (tertiary/aromatic N) is 1. The molecule has 0 bridgehead atoms. The Balaban J connectivity index is 2.13. The zero-order valence-electron chi connectivity index (χ0n) is 9.23. The Morgan fingerprint density at radius 3 is 2.67 bits per heavy atom. The summed E-state index contributed by atoms with van der Waals surface area (Å²) in [7, 11) is 1.93. The van der Waals surface area contributed by atoms with E-state index in [4.69, 9.17) is 4.74 Å². The van der Waals surface area contributed by atoms with Crippen molar-refractivity contribution in [3.05, 3.63) is 0 Å². The number of cyclic esters (lactones) is 1. The van der Waals surface area contributed by atoms with E-state index in [2.05, 4.69) is 0 Å². The van der Waals surface area contributed by atoms with Gasteiger partial charge in [-0.25, -0.2) is 0 Å². The molecule has 0 aromatic carbocycles. The van der Waals surface area contributed by atoms with Crippen LogP contribution in [0.4, 0.5) is 0 Å². The van der Waals surface area contributed by atoms with Gasteiger partial charge < -0.3 is 4.74 Å². The number of Topliss-reactive ketones (excluding diaryl/α,β-unsaturated/α-hetero) is 1. The van der Waals surface area contributed by atoms with Gasteiger partial charge >= 0.3 is 5.97 Å². The maximum absolute atomic E-state index is 11.8. The molecule has 84 valence electrons. The Hall–Kier alpha value is -0.900. The Kier molecular flexibility index (Phi) is 2.78. The number of rotatable bonds is 1. The minimum atomic E-state index is -0.227.